The summed E-state index contributed by atoms with van der Waals surface area (Å²) in [6.07, 6.45) is 0.838. The maximum absolute atomic E-state index is 11.9. The first-order valence-electron chi connectivity index (χ1n) is 5.98. The van der Waals surface area contributed by atoms with Crippen molar-refractivity contribution in [1.82, 2.24) is 5.32 Å². The molecule has 0 aromatic heterocycles. The Labute approximate surface area is 117 Å². The van der Waals surface area contributed by atoms with Gasteiger partial charge < -0.3 is 11.1 Å². The fourth-order valence-corrected chi connectivity index (χ4v) is 2.59. The van der Waals surface area contributed by atoms with Gasteiger partial charge in [0.1, 0.15) is 0 Å². The first-order chi connectivity index (χ1) is 8.52. The summed E-state index contributed by atoms with van der Waals surface area (Å²) in [7, 11) is 0. The van der Waals surface area contributed by atoms with Crippen molar-refractivity contribution < 1.29 is 4.79 Å². The number of nitrogens with two attached hydrogens (primary N) is 1. The molecule has 1 fully saturated rings. The normalized spacial score (nSPS) is 23.6. The second kappa shape index (κ2) is 5.47. The summed E-state index contributed by atoms with van der Waals surface area (Å²) in [5.41, 5.74) is 6.48. The average molecular weight is 287 g/mol. The Kier molecular flexibility index (Phi) is 4.15. The second-order valence-corrected chi connectivity index (χ2v) is 5.60. The highest BCUT2D eigenvalue weighted by Crippen LogP contribution is 2.50. The number of halogens is 2. The molecule has 0 spiro atoms. The van der Waals surface area contributed by atoms with E-state index in [1.807, 2.05) is 13.0 Å². The molecule has 1 amide bonds. The van der Waals surface area contributed by atoms with E-state index in [2.05, 4.69) is 5.32 Å². The molecule has 0 saturated heterocycles. The summed E-state index contributed by atoms with van der Waals surface area (Å²) < 4.78 is 0. The predicted molar refractivity (Wildman–Crippen MR) is 74.0 cm³/mol. The lowest BCUT2D eigenvalue weighted by Crippen LogP contribution is -2.38. The van der Waals surface area contributed by atoms with Crippen LogP contribution >= 0.6 is 23.2 Å². The Balaban J connectivity index is 2.00. The Hall–Kier alpha value is -0.770. The van der Waals surface area contributed by atoms with E-state index in [1.54, 1.807) is 12.1 Å². The number of carbonyl (C=O) groups excluding carboxylic acids is 1. The first-order valence-corrected chi connectivity index (χ1v) is 6.74. The third-order valence-corrected chi connectivity index (χ3v) is 3.79. The zero-order valence-electron chi connectivity index (χ0n) is 10.1. The molecular formula is C13H16Cl2N2O. The molecule has 2 rings (SSSR count). The van der Waals surface area contributed by atoms with Crippen molar-refractivity contribution in [1.29, 1.82) is 0 Å². The van der Waals surface area contributed by atoms with Crippen molar-refractivity contribution in [2.24, 2.45) is 11.7 Å². The van der Waals surface area contributed by atoms with Crippen LogP contribution in [0, 0.1) is 5.92 Å². The predicted octanol–water partition coefficient (Wildman–Crippen LogP) is 2.56. The zero-order valence-corrected chi connectivity index (χ0v) is 11.6. The SMILES string of the molecule is C[C@@H](CN)NC(=O)C1CC1c1ccc(Cl)cc1Cl. The molecule has 3 N–H and O–H groups in total. The Morgan fingerprint density at radius 1 is 1.56 bits per heavy atom. The Morgan fingerprint density at radius 2 is 2.28 bits per heavy atom. The van der Waals surface area contributed by atoms with Crippen LogP contribution in [0.15, 0.2) is 18.2 Å². The average Bonchev–Trinajstić information content (AvgIpc) is 3.08. The molecule has 1 aromatic rings. The monoisotopic (exact) mass is 286 g/mol. The highest BCUT2D eigenvalue weighted by atomic mass is 35.5. The van der Waals surface area contributed by atoms with Gasteiger partial charge in [-0.2, -0.15) is 0 Å². The van der Waals surface area contributed by atoms with E-state index in [9.17, 15) is 4.79 Å². The summed E-state index contributed by atoms with van der Waals surface area (Å²) in [5, 5.41) is 4.14. The molecule has 3 nitrogen and oxygen atoms in total. The minimum atomic E-state index is 0.0117. The van der Waals surface area contributed by atoms with Gasteiger partial charge in [0.05, 0.1) is 0 Å². The van der Waals surface area contributed by atoms with Gasteiger partial charge in [-0.05, 0) is 37.0 Å². The lowest BCUT2D eigenvalue weighted by atomic mass is 10.1. The number of hydrogen-bond donors (Lipinski definition) is 2. The van der Waals surface area contributed by atoms with Gasteiger partial charge in [0.15, 0.2) is 0 Å². The summed E-state index contributed by atoms with van der Waals surface area (Å²) in [6, 6.07) is 5.43. The fourth-order valence-electron chi connectivity index (χ4n) is 2.04. The number of amides is 1. The van der Waals surface area contributed by atoms with Crippen LogP contribution in [0.1, 0.15) is 24.8 Å². The number of nitrogens with one attached hydrogen (secondary N) is 1. The van der Waals surface area contributed by atoms with Crippen molar-refractivity contribution in [3.8, 4) is 0 Å². The van der Waals surface area contributed by atoms with Gasteiger partial charge in [-0.15, -0.1) is 0 Å². The summed E-state index contributed by atoms with van der Waals surface area (Å²) in [6.45, 7) is 2.34. The summed E-state index contributed by atoms with van der Waals surface area (Å²) in [5.74, 6) is 0.279. The largest absolute Gasteiger partial charge is 0.352 e. The molecule has 0 heterocycles. The smallest absolute Gasteiger partial charge is 0.224 e. The van der Waals surface area contributed by atoms with Crippen LogP contribution in [-0.2, 0) is 4.79 Å². The van der Waals surface area contributed by atoms with Crippen LogP contribution in [0.4, 0.5) is 0 Å². The molecule has 1 aliphatic carbocycles. The van der Waals surface area contributed by atoms with E-state index >= 15 is 0 Å². The molecule has 0 radical (unpaired) electrons. The second-order valence-electron chi connectivity index (χ2n) is 4.76. The third-order valence-electron chi connectivity index (χ3n) is 3.23. The van der Waals surface area contributed by atoms with E-state index in [1.165, 1.54) is 0 Å². The molecule has 0 aliphatic heterocycles. The van der Waals surface area contributed by atoms with Gasteiger partial charge in [-0.25, -0.2) is 0 Å². The van der Waals surface area contributed by atoms with Crippen LogP contribution in [0.25, 0.3) is 0 Å². The van der Waals surface area contributed by atoms with Crippen LogP contribution in [0.5, 0.6) is 0 Å². The van der Waals surface area contributed by atoms with Crippen LogP contribution in [0.2, 0.25) is 10.0 Å². The summed E-state index contributed by atoms with van der Waals surface area (Å²) in [4.78, 5) is 11.9. The van der Waals surface area contributed by atoms with Crippen LogP contribution in [-0.4, -0.2) is 18.5 Å². The summed E-state index contributed by atoms with van der Waals surface area (Å²) >= 11 is 12.0. The van der Waals surface area contributed by atoms with Crippen molar-refractivity contribution in [3.63, 3.8) is 0 Å². The van der Waals surface area contributed by atoms with E-state index in [0.717, 1.165) is 12.0 Å². The van der Waals surface area contributed by atoms with Crippen LogP contribution in [0.3, 0.4) is 0 Å². The topological polar surface area (TPSA) is 55.1 Å². The molecule has 1 aliphatic rings. The lowest BCUT2D eigenvalue weighted by Gasteiger charge is -2.11. The molecule has 1 aromatic carbocycles. The van der Waals surface area contributed by atoms with Gasteiger partial charge in [-0.1, -0.05) is 29.3 Å². The van der Waals surface area contributed by atoms with E-state index in [-0.39, 0.29) is 23.8 Å². The number of carbonyl (C=O) groups is 1. The van der Waals surface area contributed by atoms with E-state index in [0.29, 0.717) is 16.6 Å². The fraction of sp³-hybridized carbons (Fsp3) is 0.462. The first kappa shape index (κ1) is 13.7. The lowest BCUT2D eigenvalue weighted by molar-refractivity contribution is -0.122. The molecular weight excluding hydrogens is 271 g/mol. The minimum Gasteiger partial charge on any atom is -0.352 e. The van der Waals surface area contributed by atoms with Gasteiger partial charge in [-0.3, -0.25) is 4.79 Å². The number of benzene rings is 1. The molecule has 3 atom stereocenters. The molecule has 98 valence electrons. The van der Waals surface area contributed by atoms with E-state index in [4.69, 9.17) is 28.9 Å². The Morgan fingerprint density at radius 3 is 2.89 bits per heavy atom. The molecule has 18 heavy (non-hydrogen) atoms. The standard InChI is InChI=1S/C13H16Cl2N2O/c1-7(6-16)17-13(18)11-5-10(11)9-3-2-8(14)4-12(9)15/h2-4,7,10-11H,5-6,16H2,1H3,(H,17,18)/t7-,10?,11?/m0/s1. The van der Waals surface area contributed by atoms with Gasteiger partial charge in [0, 0.05) is 28.5 Å². The van der Waals surface area contributed by atoms with Gasteiger partial charge in [0.2, 0.25) is 5.91 Å². The van der Waals surface area contributed by atoms with E-state index < -0.39 is 0 Å². The molecule has 0 bridgehead atoms. The van der Waals surface area contributed by atoms with Gasteiger partial charge >= 0.3 is 0 Å². The van der Waals surface area contributed by atoms with Crippen molar-refractivity contribution in [2.45, 2.75) is 25.3 Å². The number of rotatable bonds is 4. The maximum atomic E-state index is 11.9. The zero-order chi connectivity index (χ0) is 13.3. The highest BCUT2D eigenvalue weighted by Gasteiger charge is 2.44. The van der Waals surface area contributed by atoms with Gasteiger partial charge in [0.25, 0.3) is 0 Å². The minimum absolute atomic E-state index is 0.0117. The highest BCUT2D eigenvalue weighted by molar-refractivity contribution is 6.35. The molecule has 2 unspecified atom stereocenters. The third kappa shape index (κ3) is 2.97. The quantitative estimate of drug-likeness (QED) is 0.894. The van der Waals surface area contributed by atoms with Crippen molar-refractivity contribution >= 4 is 29.1 Å². The van der Waals surface area contributed by atoms with Crippen LogP contribution < -0.4 is 11.1 Å². The molecule has 5 heteroatoms. The maximum Gasteiger partial charge on any atom is 0.224 e. The number of hydrogen-bond acceptors (Lipinski definition) is 2. The van der Waals surface area contributed by atoms with Crippen molar-refractivity contribution in [2.75, 3.05) is 6.54 Å². The molecule has 1 saturated carbocycles. The van der Waals surface area contributed by atoms with Crippen molar-refractivity contribution in [3.05, 3.63) is 33.8 Å². The Bertz CT molecular complexity index is 464.